The van der Waals surface area contributed by atoms with Crippen molar-refractivity contribution in [1.82, 2.24) is 16.0 Å². The van der Waals surface area contributed by atoms with Gasteiger partial charge in [-0.25, -0.2) is 0 Å². The molecule has 1 saturated carbocycles. The lowest BCUT2D eigenvalue weighted by molar-refractivity contribution is 0.0925. The third-order valence-electron chi connectivity index (χ3n) is 4.60. The molecule has 0 aromatic carbocycles. The van der Waals surface area contributed by atoms with Gasteiger partial charge in [-0.15, -0.1) is 0 Å². The van der Waals surface area contributed by atoms with E-state index in [0.717, 1.165) is 29.7 Å². The van der Waals surface area contributed by atoms with Gasteiger partial charge in [0.05, 0.1) is 6.26 Å². The monoisotopic (exact) mass is 380 g/mol. The van der Waals surface area contributed by atoms with Crippen LogP contribution in [0.3, 0.4) is 0 Å². The van der Waals surface area contributed by atoms with Gasteiger partial charge in [0.25, 0.3) is 5.91 Å². The van der Waals surface area contributed by atoms with Crippen molar-refractivity contribution in [3.8, 4) is 0 Å². The van der Waals surface area contributed by atoms with Crippen molar-refractivity contribution in [3.05, 3.63) is 23.7 Å². The quantitative estimate of drug-likeness (QED) is 0.367. The molecule has 0 aliphatic heterocycles. The fourth-order valence-electron chi connectivity index (χ4n) is 3.16. The Bertz CT molecular complexity index is 588. The number of aliphatic imine (C=N–C) groups is 1. The van der Waals surface area contributed by atoms with Crippen LogP contribution in [0, 0.1) is 6.92 Å². The second-order valence-electron chi connectivity index (χ2n) is 6.67. The molecule has 0 saturated heterocycles. The van der Waals surface area contributed by atoms with E-state index in [9.17, 15) is 4.79 Å². The molecule has 1 fully saturated rings. The molecule has 6 nitrogen and oxygen atoms in total. The van der Waals surface area contributed by atoms with Gasteiger partial charge in [0.2, 0.25) is 0 Å². The summed E-state index contributed by atoms with van der Waals surface area (Å²) in [6, 6.07) is 2.29. The number of hydrogen-bond donors (Lipinski definition) is 3. The number of hydrogen-bond acceptors (Lipinski definition) is 4. The highest BCUT2D eigenvalue weighted by atomic mass is 32.2. The summed E-state index contributed by atoms with van der Waals surface area (Å²) in [5.74, 6) is 1.11. The zero-order chi connectivity index (χ0) is 18.8. The van der Waals surface area contributed by atoms with E-state index in [-0.39, 0.29) is 5.91 Å². The van der Waals surface area contributed by atoms with E-state index >= 15 is 0 Å². The average Bonchev–Trinajstić information content (AvgIpc) is 3.07. The van der Waals surface area contributed by atoms with Crippen molar-refractivity contribution in [2.75, 3.05) is 25.9 Å². The Morgan fingerprint density at radius 2 is 2.23 bits per heavy atom. The van der Waals surface area contributed by atoms with Gasteiger partial charge in [-0.3, -0.25) is 9.79 Å². The van der Waals surface area contributed by atoms with Gasteiger partial charge < -0.3 is 20.4 Å². The highest BCUT2D eigenvalue weighted by Crippen LogP contribution is 2.26. The molecule has 3 N–H and O–H groups in total. The van der Waals surface area contributed by atoms with Crippen LogP contribution in [-0.2, 0) is 0 Å². The first kappa shape index (κ1) is 20.7. The molecule has 2 atom stereocenters. The van der Waals surface area contributed by atoms with E-state index in [2.05, 4.69) is 34.1 Å². The van der Waals surface area contributed by atoms with Crippen LogP contribution in [0.15, 0.2) is 21.7 Å². The Morgan fingerprint density at radius 3 is 2.92 bits per heavy atom. The summed E-state index contributed by atoms with van der Waals surface area (Å²) < 4.78 is 5.19. The fraction of sp³-hybridized carbons (Fsp3) is 0.684. The predicted octanol–water partition coefficient (Wildman–Crippen LogP) is 2.94. The minimum absolute atomic E-state index is 0.160. The van der Waals surface area contributed by atoms with Crippen LogP contribution in [0.25, 0.3) is 0 Å². The number of thioether (sulfide) groups is 1. The Balaban J connectivity index is 1.72. The summed E-state index contributed by atoms with van der Waals surface area (Å²) in [7, 11) is 0. The topological polar surface area (TPSA) is 78.7 Å². The second kappa shape index (κ2) is 11.2. The van der Waals surface area contributed by atoms with Gasteiger partial charge in [-0.1, -0.05) is 6.42 Å². The average molecular weight is 381 g/mol. The lowest BCUT2D eigenvalue weighted by Gasteiger charge is -2.29. The Labute approximate surface area is 161 Å². The predicted molar refractivity (Wildman–Crippen MR) is 109 cm³/mol. The lowest BCUT2D eigenvalue weighted by atomic mass is 9.95. The molecule has 2 unspecified atom stereocenters. The SMILES string of the molecule is CCNC(=NCCCNC(=O)c1occc1C)NC1CCCC(SC)C1. The smallest absolute Gasteiger partial charge is 0.287 e. The highest BCUT2D eigenvalue weighted by Gasteiger charge is 2.21. The maximum Gasteiger partial charge on any atom is 0.287 e. The van der Waals surface area contributed by atoms with Gasteiger partial charge in [0.1, 0.15) is 0 Å². The van der Waals surface area contributed by atoms with Gasteiger partial charge in [-0.05, 0) is 51.9 Å². The van der Waals surface area contributed by atoms with Crippen molar-refractivity contribution in [3.63, 3.8) is 0 Å². The van der Waals surface area contributed by atoms with Crippen molar-refractivity contribution >= 4 is 23.6 Å². The first-order chi connectivity index (χ1) is 12.6. The number of amides is 1. The molecule has 2 rings (SSSR count). The van der Waals surface area contributed by atoms with E-state index in [1.54, 1.807) is 6.07 Å². The summed E-state index contributed by atoms with van der Waals surface area (Å²) in [6.07, 6.45) is 9.54. The van der Waals surface area contributed by atoms with Crippen molar-refractivity contribution in [2.24, 2.45) is 4.99 Å². The number of rotatable bonds is 8. The second-order valence-corrected chi connectivity index (χ2v) is 7.81. The van der Waals surface area contributed by atoms with Crippen molar-refractivity contribution < 1.29 is 9.21 Å². The number of carbonyl (C=O) groups is 1. The number of carbonyl (C=O) groups excluding carboxylic acids is 1. The van der Waals surface area contributed by atoms with Crippen LogP contribution in [-0.4, -0.2) is 49.0 Å². The van der Waals surface area contributed by atoms with Crippen LogP contribution in [0.1, 0.15) is 55.1 Å². The first-order valence-electron chi connectivity index (χ1n) is 9.54. The Kier molecular flexibility index (Phi) is 8.88. The summed E-state index contributed by atoms with van der Waals surface area (Å²) in [4.78, 5) is 16.6. The minimum atomic E-state index is -0.160. The molecule has 0 bridgehead atoms. The number of guanidine groups is 1. The third-order valence-corrected chi connectivity index (χ3v) is 5.70. The van der Waals surface area contributed by atoms with E-state index in [0.29, 0.717) is 24.9 Å². The zero-order valence-electron chi connectivity index (χ0n) is 16.1. The molecule has 0 radical (unpaired) electrons. The molecule has 1 amide bonds. The van der Waals surface area contributed by atoms with Crippen LogP contribution < -0.4 is 16.0 Å². The molecule has 1 aliphatic rings. The maximum atomic E-state index is 12.0. The van der Waals surface area contributed by atoms with E-state index in [1.165, 1.54) is 31.9 Å². The molecule has 0 spiro atoms. The third kappa shape index (κ3) is 6.59. The Morgan fingerprint density at radius 1 is 1.38 bits per heavy atom. The molecule has 1 aromatic heterocycles. The highest BCUT2D eigenvalue weighted by molar-refractivity contribution is 7.99. The van der Waals surface area contributed by atoms with Crippen LogP contribution >= 0.6 is 11.8 Å². The Hall–Kier alpha value is -1.63. The summed E-state index contributed by atoms with van der Waals surface area (Å²) >= 11 is 1.97. The number of furan rings is 1. The fourth-order valence-corrected chi connectivity index (χ4v) is 3.99. The molecular weight excluding hydrogens is 348 g/mol. The summed E-state index contributed by atoms with van der Waals surface area (Å²) in [6.45, 7) is 6.04. The molecule has 146 valence electrons. The van der Waals surface area contributed by atoms with Gasteiger partial charge in [0, 0.05) is 36.5 Å². The molecule has 1 aliphatic carbocycles. The molecule has 1 aromatic rings. The van der Waals surface area contributed by atoms with Crippen LogP contribution in [0.2, 0.25) is 0 Å². The van der Waals surface area contributed by atoms with Crippen LogP contribution in [0.5, 0.6) is 0 Å². The number of nitrogens with zero attached hydrogens (tertiary/aromatic N) is 1. The molecular formula is C19H32N4O2S. The first-order valence-corrected chi connectivity index (χ1v) is 10.8. The van der Waals surface area contributed by atoms with Crippen molar-refractivity contribution in [2.45, 2.75) is 57.2 Å². The number of nitrogens with one attached hydrogen (secondary N) is 3. The van der Waals surface area contributed by atoms with E-state index in [4.69, 9.17) is 4.42 Å². The molecule has 1 heterocycles. The van der Waals surface area contributed by atoms with Crippen LogP contribution in [0.4, 0.5) is 0 Å². The summed E-state index contributed by atoms with van der Waals surface area (Å²) in [5.41, 5.74) is 0.857. The van der Waals surface area contributed by atoms with Crippen molar-refractivity contribution in [1.29, 1.82) is 0 Å². The number of aryl methyl sites for hydroxylation is 1. The van der Waals surface area contributed by atoms with Gasteiger partial charge >= 0.3 is 0 Å². The molecule has 26 heavy (non-hydrogen) atoms. The zero-order valence-corrected chi connectivity index (χ0v) is 17.0. The van der Waals surface area contributed by atoms with Gasteiger partial charge in [-0.2, -0.15) is 11.8 Å². The standard InChI is InChI=1S/C19H32N4O2S/c1-4-20-19(23-15-7-5-8-16(13-15)26-3)22-11-6-10-21-18(24)17-14(2)9-12-25-17/h9,12,15-16H,4-8,10-11,13H2,1-3H3,(H,21,24)(H2,20,22,23). The van der Waals surface area contributed by atoms with E-state index in [1.807, 2.05) is 18.7 Å². The minimum Gasteiger partial charge on any atom is -0.459 e. The lowest BCUT2D eigenvalue weighted by Crippen LogP contribution is -2.45. The molecule has 7 heteroatoms. The maximum absolute atomic E-state index is 12.0. The largest absolute Gasteiger partial charge is 0.459 e. The van der Waals surface area contributed by atoms with E-state index < -0.39 is 0 Å². The summed E-state index contributed by atoms with van der Waals surface area (Å²) in [5, 5.41) is 10.5. The van der Waals surface area contributed by atoms with Gasteiger partial charge in [0.15, 0.2) is 11.7 Å². The normalized spacial score (nSPS) is 20.7.